The van der Waals surface area contributed by atoms with Gasteiger partial charge in [-0.05, 0) is 19.8 Å². The fourth-order valence-electron chi connectivity index (χ4n) is 2.27. The second-order valence-electron chi connectivity index (χ2n) is 4.78. The Kier molecular flexibility index (Phi) is 4.44. The molecule has 0 spiro atoms. The number of carbonyl (C=O) groups excluding carboxylic acids is 1. The van der Waals surface area contributed by atoms with Crippen molar-refractivity contribution in [2.45, 2.75) is 24.7 Å². The van der Waals surface area contributed by atoms with Gasteiger partial charge >= 0.3 is 5.97 Å². The zero-order chi connectivity index (χ0) is 14.8. The third-order valence-corrected chi connectivity index (χ3v) is 5.24. The highest BCUT2D eigenvalue weighted by atomic mass is 32.2. The van der Waals surface area contributed by atoms with Crippen molar-refractivity contribution < 1.29 is 17.9 Å². The molecule has 8 heteroatoms. The zero-order valence-corrected chi connectivity index (χ0v) is 12.5. The van der Waals surface area contributed by atoms with Gasteiger partial charge in [0.2, 0.25) is 10.0 Å². The number of hydrogen-bond acceptors (Lipinski definition) is 5. The number of ether oxygens (including phenoxy) is 1. The predicted octanol–water partition coefficient (Wildman–Crippen LogP) is 0.384. The fraction of sp³-hybridized carbons (Fsp3) is 0.667. The van der Waals surface area contributed by atoms with E-state index in [1.807, 2.05) is 0 Å². The second-order valence-corrected chi connectivity index (χ2v) is 6.72. The van der Waals surface area contributed by atoms with Crippen LogP contribution in [0.5, 0.6) is 0 Å². The van der Waals surface area contributed by atoms with Crippen LogP contribution in [0, 0.1) is 5.92 Å². The number of aryl methyl sites for hydroxylation is 1. The van der Waals surface area contributed by atoms with E-state index < -0.39 is 10.0 Å². The third-order valence-electron chi connectivity index (χ3n) is 3.39. The lowest BCUT2D eigenvalue weighted by atomic mass is 9.98. The minimum atomic E-state index is -3.50. The van der Waals surface area contributed by atoms with Crippen molar-refractivity contribution in [1.82, 2.24) is 14.1 Å². The zero-order valence-electron chi connectivity index (χ0n) is 11.7. The number of esters is 1. The van der Waals surface area contributed by atoms with Crippen LogP contribution in [-0.4, -0.2) is 48.2 Å². The molecule has 0 atom stereocenters. The molecule has 112 valence electrons. The average molecular weight is 301 g/mol. The van der Waals surface area contributed by atoms with E-state index >= 15 is 0 Å². The Morgan fingerprint density at radius 2 is 2.10 bits per heavy atom. The molecular formula is C12H19N3O4S. The highest BCUT2D eigenvalue weighted by Crippen LogP contribution is 2.24. The molecule has 1 aromatic heterocycles. The Morgan fingerprint density at radius 3 is 2.60 bits per heavy atom. The number of hydrogen-bond donors (Lipinski definition) is 0. The smallest absolute Gasteiger partial charge is 0.309 e. The first-order chi connectivity index (χ1) is 9.45. The van der Waals surface area contributed by atoms with Crippen LogP contribution in [0.2, 0.25) is 0 Å². The molecule has 1 aromatic rings. The van der Waals surface area contributed by atoms with Crippen LogP contribution >= 0.6 is 0 Å². The van der Waals surface area contributed by atoms with Gasteiger partial charge in [0.15, 0.2) is 0 Å². The van der Waals surface area contributed by atoms with Gasteiger partial charge in [0.05, 0.1) is 18.7 Å². The molecule has 0 radical (unpaired) electrons. The summed E-state index contributed by atoms with van der Waals surface area (Å²) in [6.45, 7) is 2.79. The van der Waals surface area contributed by atoms with Crippen LogP contribution in [0.15, 0.2) is 17.3 Å². The quantitative estimate of drug-likeness (QED) is 0.751. The van der Waals surface area contributed by atoms with E-state index in [-0.39, 0.29) is 16.8 Å². The van der Waals surface area contributed by atoms with E-state index in [1.54, 1.807) is 14.0 Å². The van der Waals surface area contributed by atoms with Crippen LogP contribution in [0.4, 0.5) is 0 Å². The summed E-state index contributed by atoms with van der Waals surface area (Å²) < 4.78 is 32.5. The molecular weight excluding hydrogens is 282 g/mol. The number of rotatable bonds is 4. The first-order valence-corrected chi connectivity index (χ1v) is 8.04. The molecule has 20 heavy (non-hydrogen) atoms. The summed E-state index contributed by atoms with van der Waals surface area (Å²) in [5.74, 6) is -0.429. The highest BCUT2D eigenvalue weighted by Gasteiger charge is 2.33. The van der Waals surface area contributed by atoms with Gasteiger partial charge in [0.1, 0.15) is 4.90 Å². The normalized spacial score (nSPS) is 18.1. The number of aromatic nitrogens is 2. The maximum atomic E-state index is 12.4. The predicted molar refractivity (Wildman–Crippen MR) is 71.3 cm³/mol. The van der Waals surface area contributed by atoms with Gasteiger partial charge in [-0.15, -0.1) is 0 Å². The Labute approximate surface area is 118 Å². The van der Waals surface area contributed by atoms with Crippen molar-refractivity contribution in [3.05, 3.63) is 12.4 Å². The molecule has 1 aliphatic rings. The molecule has 1 aliphatic heterocycles. The lowest BCUT2D eigenvalue weighted by Gasteiger charge is -2.29. The minimum absolute atomic E-state index is 0.189. The van der Waals surface area contributed by atoms with Crippen LogP contribution < -0.4 is 0 Å². The molecule has 1 fully saturated rings. The summed E-state index contributed by atoms with van der Waals surface area (Å²) >= 11 is 0. The Morgan fingerprint density at radius 1 is 1.45 bits per heavy atom. The van der Waals surface area contributed by atoms with E-state index in [0.29, 0.717) is 32.5 Å². The molecule has 0 unspecified atom stereocenters. The molecule has 0 aliphatic carbocycles. The second kappa shape index (κ2) is 5.92. The van der Waals surface area contributed by atoms with Gasteiger partial charge in [-0.25, -0.2) is 8.42 Å². The van der Waals surface area contributed by atoms with Crippen molar-refractivity contribution in [3.8, 4) is 0 Å². The number of nitrogens with zero attached hydrogens (tertiary/aromatic N) is 3. The van der Waals surface area contributed by atoms with Gasteiger partial charge in [-0.2, -0.15) is 9.40 Å². The largest absolute Gasteiger partial charge is 0.466 e. The van der Waals surface area contributed by atoms with Crippen molar-refractivity contribution in [2.24, 2.45) is 13.0 Å². The topological polar surface area (TPSA) is 81.5 Å². The molecule has 0 bridgehead atoms. The van der Waals surface area contributed by atoms with Crippen molar-refractivity contribution in [2.75, 3.05) is 19.7 Å². The Hall–Kier alpha value is -1.41. The molecule has 0 N–H and O–H groups in total. The number of sulfonamides is 1. The van der Waals surface area contributed by atoms with Crippen molar-refractivity contribution in [1.29, 1.82) is 0 Å². The lowest BCUT2D eigenvalue weighted by Crippen LogP contribution is -2.40. The summed E-state index contributed by atoms with van der Waals surface area (Å²) in [5, 5.41) is 3.88. The van der Waals surface area contributed by atoms with Crippen LogP contribution in [0.3, 0.4) is 0 Å². The third kappa shape index (κ3) is 3.01. The number of carbonyl (C=O) groups is 1. The molecule has 0 saturated carbocycles. The standard InChI is InChI=1S/C12H19N3O4S/c1-3-19-12(16)10-4-6-15(7-5-10)20(17,18)11-8-13-14(2)9-11/h8-10H,3-7H2,1-2H3. The van der Waals surface area contributed by atoms with Crippen LogP contribution in [-0.2, 0) is 26.6 Å². The van der Waals surface area contributed by atoms with Gasteiger partial charge in [-0.1, -0.05) is 0 Å². The van der Waals surface area contributed by atoms with Gasteiger partial charge in [0, 0.05) is 26.3 Å². The van der Waals surface area contributed by atoms with Gasteiger partial charge < -0.3 is 4.74 Å². The average Bonchev–Trinajstić information content (AvgIpc) is 2.86. The SMILES string of the molecule is CCOC(=O)C1CCN(S(=O)(=O)c2cnn(C)c2)CC1. The Balaban J connectivity index is 2.02. The first kappa shape index (κ1) is 15.0. The van der Waals surface area contributed by atoms with E-state index in [1.165, 1.54) is 21.4 Å². The first-order valence-electron chi connectivity index (χ1n) is 6.60. The molecule has 0 aromatic carbocycles. The molecule has 0 amide bonds. The summed E-state index contributed by atoms with van der Waals surface area (Å²) in [6.07, 6.45) is 3.82. The van der Waals surface area contributed by atoms with Crippen molar-refractivity contribution >= 4 is 16.0 Å². The molecule has 2 rings (SSSR count). The van der Waals surface area contributed by atoms with Gasteiger partial charge in [0.25, 0.3) is 0 Å². The fourth-order valence-corrected chi connectivity index (χ4v) is 3.73. The summed E-state index contributed by atoms with van der Waals surface area (Å²) in [5.41, 5.74) is 0. The minimum Gasteiger partial charge on any atom is -0.466 e. The maximum Gasteiger partial charge on any atom is 0.309 e. The highest BCUT2D eigenvalue weighted by molar-refractivity contribution is 7.89. The van der Waals surface area contributed by atoms with Crippen molar-refractivity contribution in [3.63, 3.8) is 0 Å². The van der Waals surface area contributed by atoms with E-state index in [0.717, 1.165) is 0 Å². The van der Waals surface area contributed by atoms with E-state index in [9.17, 15) is 13.2 Å². The summed E-state index contributed by atoms with van der Waals surface area (Å²) in [6, 6.07) is 0. The lowest BCUT2D eigenvalue weighted by molar-refractivity contribution is -0.149. The monoisotopic (exact) mass is 301 g/mol. The number of piperidine rings is 1. The van der Waals surface area contributed by atoms with Gasteiger partial charge in [-0.3, -0.25) is 9.48 Å². The Bertz CT molecular complexity index is 573. The maximum absolute atomic E-state index is 12.4. The summed E-state index contributed by atoms with van der Waals surface area (Å²) in [4.78, 5) is 11.8. The van der Waals surface area contributed by atoms with Crippen LogP contribution in [0.1, 0.15) is 19.8 Å². The molecule has 7 nitrogen and oxygen atoms in total. The van der Waals surface area contributed by atoms with E-state index in [4.69, 9.17) is 4.74 Å². The molecule has 1 saturated heterocycles. The van der Waals surface area contributed by atoms with Crippen LogP contribution in [0.25, 0.3) is 0 Å². The summed E-state index contributed by atoms with van der Waals surface area (Å²) in [7, 11) is -1.83. The van der Waals surface area contributed by atoms with E-state index in [2.05, 4.69) is 5.10 Å². The molecule has 2 heterocycles.